The third-order valence-corrected chi connectivity index (χ3v) is 6.10. The van der Waals surface area contributed by atoms with Crippen molar-refractivity contribution >= 4 is 57.5 Å². The fraction of sp³-hybridized carbons (Fsp3) is 0.107. The van der Waals surface area contributed by atoms with Crippen molar-refractivity contribution < 1.29 is 28.7 Å². The molecule has 0 radical (unpaired) electrons. The van der Waals surface area contributed by atoms with Crippen LogP contribution in [-0.2, 0) is 23.9 Å². The number of nitrogens with one attached hydrogen (secondary N) is 2. The highest BCUT2D eigenvalue weighted by atomic mass is 35.5. The summed E-state index contributed by atoms with van der Waals surface area (Å²) in [5.41, 5.74) is 0.0305. The number of ether oxygens (including phenoxy) is 1. The van der Waals surface area contributed by atoms with E-state index in [4.69, 9.17) is 11.6 Å². The van der Waals surface area contributed by atoms with Crippen LogP contribution in [0.1, 0.15) is 33.1 Å². The van der Waals surface area contributed by atoms with Crippen LogP contribution in [-0.4, -0.2) is 46.3 Å². The molecule has 0 bridgehead atoms. The maximum absolute atomic E-state index is 13.2. The van der Waals surface area contributed by atoms with Gasteiger partial charge in [-0.15, -0.1) is 0 Å². The van der Waals surface area contributed by atoms with Gasteiger partial charge in [0, 0.05) is 21.8 Å². The minimum atomic E-state index is -2.18. The van der Waals surface area contributed by atoms with Crippen LogP contribution in [0.15, 0.2) is 71.5 Å². The number of H-pyrrole nitrogens is 1. The van der Waals surface area contributed by atoms with Crippen molar-refractivity contribution in [3.63, 3.8) is 0 Å². The van der Waals surface area contributed by atoms with Crippen molar-refractivity contribution in [3.05, 3.63) is 104 Å². The van der Waals surface area contributed by atoms with E-state index in [1.165, 1.54) is 30.3 Å². The maximum atomic E-state index is 13.2. The fourth-order valence-electron chi connectivity index (χ4n) is 3.86. The Kier molecular flexibility index (Phi) is 7.78. The van der Waals surface area contributed by atoms with E-state index in [9.17, 15) is 28.8 Å². The number of carbonyl (C=O) groups is 5. The third-order valence-electron chi connectivity index (χ3n) is 5.86. The summed E-state index contributed by atoms with van der Waals surface area (Å²) in [7, 11) is 0.919. The van der Waals surface area contributed by atoms with E-state index in [1.54, 1.807) is 43.3 Å². The van der Waals surface area contributed by atoms with Crippen LogP contribution in [0.3, 0.4) is 0 Å². The first-order valence-corrected chi connectivity index (χ1v) is 11.9. The van der Waals surface area contributed by atoms with Crippen molar-refractivity contribution in [3.8, 4) is 0 Å². The predicted octanol–water partition coefficient (Wildman–Crippen LogP) is 3.15. The van der Waals surface area contributed by atoms with Crippen LogP contribution >= 0.6 is 11.6 Å². The number of hydrogen-bond acceptors (Lipinski definition) is 8. The Morgan fingerprint density at radius 1 is 0.923 bits per heavy atom. The summed E-state index contributed by atoms with van der Waals surface area (Å²) in [5.74, 6) is -8.01. The minimum Gasteiger partial charge on any atom is -0.463 e. The molecule has 4 aromatic rings. The zero-order valence-electron chi connectivity index (χ0n) is 20.6. The van der Waals surface area contributed by atoms with Crippen molar-refractivity contribution in [2.75, 3.05) is 12.4 Å². The van der Waals surface area contributed by atoms with Crippen LogP contribution < -0.4 is 10.9 Å². The number of aryl methyl sites for hydroxylation is 1. The maximum Gasteiger partial charge on any atom is 0.375 e. The van der Waals surface area contributed by atoms with Gasteiger partial charge in [-0.25, -0.2) is 9.78 Å². The lowest BCUT2D eigenvalue weighted by Gasteiger charge is -2.14. The molecule has 39 heavy (non-hydrogen) atoms. The van der Waals surface area contributed by atoms with Gasteiger partial charge >= 0.3 is 5.97 Å². The number of methoxy groups -OCH3 is 1. The number of fused-ring (bicyclic) bond motifs is 1. The van der Waals surface area contributed by atoms with Crippen molar-refractivity contribution in [1.29, 1.82) is 0 Å². The molecule has 0 saturated heterocycles. The lowest BCUT2D eigenvalue weighted by molar-refractivity contribution is -0.154. The summed E-state index contributed by atoms with van der Waals surface area (Å²) < 4.78 is 4.44. The molecule has 0 spiro atoms. The first-order valence-electron chi connectivity index (χ1n) is 11.5. The molecule has 2 N–H and O–H groups in total. The van der Waals surface area contributed by atoms with E-state index in [0.717, 1.165) is 7.11 Å². The normalized spacial score (nSPS) is 11.5. The predicted molar refractivity (Wildman–Crippen MR) is 142 cm³/mol. The van der Waals surface area contributed by atoms with Gasteiger partial charge in [0.25, 0.3) is 17.2 Å². The molecule has 0 saturated carbocycles. The van der Waals surface area contributed by atoms with Gasteiger partial charge in [-0.05, 0) is 48.9 Å². The van der Waals surface area contributed by atoms with Gasteiger partial charge in [0.1, 0.15) is 11.6 Å². The first-order chi connectivity index (χ1) is 18.6. The Morgan fingerprint density at radius 3 is 2.31 bits per heavy atom. The Morgan fingerprint density at radius 2 is 1.64 bits per heavy atom. The van der Waals surface area contributed by atoms with E-state index in [-0.39, 0.29) is 28.1 Å². The summed E-state index contributed by atoms with van der Waals surface area (Å²) >= 11 is 5.92. The van der Waals surface area contributed by atoms with Gasteiger partial charge in [-0.1, -0.05) is 41.9 Å². The van der Waals surface area contributed by atoms with Gasteiger partial charge in [0.15, 0.2) is 5.78 Å². The zero-order chi connectivity index (χ0) is 28.3. The Hall–Kier alpha value is -4.96. The highest BCUT2D eigenvalue weighted by molar-refractivity contribution is 6.52. The second-order valence-electron chi connectivity index (χ2n) is 8.44. The molecule has 0 aliphatic heterocycles. The molecule has 1 heterocycles. The molecule has 0 aliphatic carbocycles. The van der Waals surface area contributed by atoms with Gasteiger partial charge in [-0.3, -0.25) is 24.0 Å². The van der Waals surface area contributed by atoms with Gasteiger partial charge < -0.3 is 15.0 Å². The molecule has 196 valence electrons. The van der Waals surface area contributed by atoms with Crippen molar-refractivity contribution in [1.82, 2.24) is 9.97 Å². The van der Waals surface area contributed by atoms with E-state index < -0.39 is 40.6 Å². The summed E-state index contributed by atoms with van der Waals surface area (Å²) in [6.07, 6.45) is 0. The summed E-state index contributed by atoms with van der Waals surface area (Å²) in [6, 6.07) is 17.2. The number of amides is 1. The van der Waals surface area contributed by atoms with E-state index >= 15 is 0 Å². The second-order valence-corrected chi connectivity index (χ2v) is 8.88. The van der Waals surface area contributed by atoms with Crippen LogP contribution in [0.2, 0.25) is 5.02 Å². The number of aromatic nitrogens is 2. The number of hydrogen-bond donors (Lipinski definition) is 2. The summed E-state index contributed by atoms with van der Waals surface area (Å²) in [6.45, 7) is 1.63. The Balaban J connectivity index is 1.73. The largest absolute Gasteiger partial charge is 0.463 e. The summed E-state index contributed by atoms with van der Waals surface area (Å²) in [5, 5.41) is 2.76. The fourth-order valence-corrected chi connectivity index (χ4v) is 4.09. The van der Waals surface area contributed by atoms with Crippen LogP contribution in [0.4, 0.5) is 5.69 Å². The monoisotopic (exact) mass is 545 g/mol. The number of anilines is 1. The molecular weight excluding hydrogens is 526 g/mol. The lowest BCUT2D eigenvalue weighted by atomic mass is 9.94. The highest BCUT2D eigenvalue weighted by Gasteiger charge is 2.40. The van der Waals surface area contributed by atoms with Gasteiger partial charge in [0.05, 0.1) is 18.1 Å². The molecule has 1 unspecified atom stereocenters. The molecule has 10 nitrogen and oxygen atoms in total. The van der Waals surface area contributed by atoms with E-state index in [2.05, 4.69) is 20.0 Å². The number of nitrogens with zero attached hydrogens (tertiary/aromatic N) is 1. The number of carbonyl (C=O) groups excluding carboxylic acids is 5. The highest BCUT2D eigenvalue weighted by Crippen LogP contribution is 2.22. The zero-order valence-corrected chi connectivity index (χ0v) is 21.4. The minimum absolute atomic E-state index is 0.110. The molecular formula is C28H20ClN3O7. The number of halogens is 1. The quantitative estimate of drug-likeness (QED) is 0.148. The SMILES string of the molecule is COC(=O)C(=O)C(C(=O)C(=O)Nc1ccc(Cl)cc1C)c1nc2ccc(C(=O)c3ccccc3)cc2[nH]c1=O. The van der Waals surface area contributed by atoms with E-state index in [1.807, 2.05) is 0 Å². The average Bonchev–Trinajstić information content (AvgIpc) is 2.94. The smallest absolute Gasteiger partial charge is 0.375 e. The molecule has 0 fully saturated rings. The average molecular weight is 546 g/mol. The Labute approximate surface area is 226 Å². The number of aromatic amines is 1. The molecule has 0 aliphatic rings. The number of ketones is 3. The molecule has 1 amide bonds. The number of esters is 1. The lowest BCUT2D eigenvalue weighted by Crippen LogP contribution is -2.39. The van der Waals surface area contributed by atoms with Crippen LogP contribution in [0, 0.1) is 6.92 Å². The van der Waals surface area contributed by atoms with Crippen LogP contribution in [0.5, 0.6) is 0 Å². The van der Waals surface area contributed by atoms with Gasteiger partial charge in [0.2, 0.25) is 5.78 Å². The number of benzene rings is 3. The first kappa shape index (κ1) is 27.1. The molecule has 11 heteroatoms. The number of rotatable bonds is 8. The van der Waals surface area contributed by atoms with Crippen LogP contribution in [0.25, 0.3) is 11.0 Å². The molecule has 1 atom stereocenters. The Bertz CT molecular complexity index is 1710. The van der Waals surface area contributed by atoms with E-state index in [0.29, 0.717) is 16.1 Å². The molecule has 4 rings (SSSR count). The molecule has 3 aromatic carbocycles. The van der Waals surface area contributed by atoms with Crippen molar-refractivity contribution in [2.24, 2.45) is 0 Å². The topological polar surface area (TPSA) is 152 Å². The van der Waals surface area contributed by atoms with Crippen molar-refractivity contribution in [2.45, 2.75) is 12.8 Å². The third kappa shape index (κ3) is 5.65. The second kappa shape index (κ2) is 11.2. The number of Topliss-reactive ketones (excluding diaryl/α,β-unsaturated/α-hetero) is 2. The van der Waals surface area contributed by atoms with Gasteiger partial charge in [-0.2, -0.15) is 0 Å². The summed E-state index contributed by atoms with van der Waals surface area (Å²) in [4.78, 5) is 83.4. The standard InChI is InChI=1S/C28H20ClN3O7/c1-14-12-17(29)9-11-18(14)31-27(37)24(34)21(25(35)28(38)39-2)22-26(36)32-20-13-16(8-10-19(20)30-22)23(33)15-6-4-3-5-7-15/h3-13,21H,1-2H3,(H,31,37)(H,32,36). The molecule has 1 aromatic heterocycles.